The molecule has 0 radical (unpaired) electrons. The molecule has 0 spiro atoms. The molecule has 1 rings (SSSR count). The first-order chi connectivity index (χ1) is 8.72. The largest absolute Gasteiger partial charge is 0.661 e. The summed E-state index contributed by atoms with van der Waals surface area (Å²) in [4.78, 5) is 0. The Morgan fingerprint density at radius 3 is 1.20 bits per heavy atom. The maximum absolute atomic E-state index is 4.77. The second kappa shape index (κ2) is 12.8. The van der Waals surface area contributed by atoms with Crippen LogP contribution in [0.15, 0.2) is 0 Å². The third kappa shape index (κ3) is 11.9. The molecule has 0 N–H and O–H groups in total. The summed E-state index contributed by atoms with van der Waals surface area (Å²) in [5, 5.41) is 4.77. The molecule has 0 aliphatic carbocycles. The summed E-state index contributed by atoms with van der Waals surface area (Å²) in [5.74, 6) is 1.65. The third-order valence-electron chi connectivity index (χ3n) is 3.80. The maximum Gasteiger partial charge on any atom is 0 e. The van der Waals surface area contributed by atoms with Gasteiger partial charge in [0, 0.05) is 40.8 Å². The van der Waals surface area contributed by atoms with E-state index in [9.17, 15) is 0 Å². The number of hydrogen-bond donors (Lipinski definition) is 0. The molecule has 0 amide bonds. The van der Waals surface area contributed by atoms with Crippen molar-refractivity contribution in [3.05, 3.63) is 5.32 Å². The van der Waals surface area contributed by atoms with Gasteiger partial charge < -0.3 is 5.32 Å². The Balaban J connectivity index is -0.000000529. The molecule has 1 heterocycles. The van der Waals surface area contributed by atoms with Crippen LogP contribution in [0.1, 0.15) is 82.1 Å². The molecular weight excluding hydrogens is 374 g/mol. The Kier molecular flexibility index (Phi) is 16.8. The summed E-state index contributed by atoms with van der Waals surface area (Å²) in [6, 6.07) is 0. The van der Waals surface area contributed by atoms with Gasteiger partial charge in [-0.2, -0.15) is 0 Å². The minimum atomic E-state index is 0. The molecule has 0 bridgehead atoms. The fourth-order valence-electron chi connectivity index (χ4n) is 2.94. The first-order valence-electron chi connectivity index (χ1n) is 8.35. The van der Waals surface area contributed by atoms with Gasteiger partial charge in [0.1, 0.15) is 0 Å². The second-order valence-corrected chi connectivity index (χ2v) is 7.23. The van der Waals surface area contributed by atoms with E-state index in [1.54, 1.807) is 0 Å². The van der Waals surface area contributed by atoms with Gasteiger partial charge in [-0.1, -0.05) is 80.1 Å². The van der Waals surface area contributed by atoms with E-state index in [4.69, 9.17) is 5.32 Å². The van der Waals surface area contributed by atoms with E-state index in [0.29, 0.717) is 10.8 Å². The molecule has 0 aromatic heterocycles. The molecule has 0 saturated carbocycles. The Morgan fingerprint density at radius 1 is 0.700 bits per heavy atom. The average Bonchev–Trinajstić information content (AvgIpc) is 2.34. The molecular formula is C18H40NNd-. The first-order valence-corrected chi connectivity index (χ1v) is 8.35. The minimum Gasteiger partial charge on any atom is -0.661 e. The average molecular weight is 415 g/mol. The topological polar surface area (TPSA) is 14.1 Å². The normalized spacial score (nSPS) is 27.9. The van der Waals surface area contributed by atoms with Gasteiger partial charge in [0.05, 0.1) is 0 Å². The van der Waals surface area contributed by atoms with Crippen LogP contribution < -0.4 is 0 Å². The molecule has 2 heteroatoms. The van der Waals surface area contributed by atoms with E-state index in [2.05, 4.69) is 41.5 Å². The van der Waals surface area contributed by atoms with Crippen molar-refractivity contribution in [1.82, 2.24) is 0 Å². The zero-order valence-corrected chi connectivity index (χ0v) is 19.1. The SMILES string of the molecule is CC.CC.CC1CC(C)(C)C[N-]CC(C)(C)CC1C.[Nd]. The summed E-state index contributed by atoms with van der Waals surface area (Å²) in [5.41, 5.74) is 0.794. The Bertz CT molecular complexity index is 189. The van der Waals surface area contributed by atoms with Crippen molar-refractivity contribution in [3.63, 3.8) is 0 Å². The van der Waals surface area contributed by atoms with Gasteiger partial charge in [-0.15, -0.1) is 13.1 Å². The van der Waals surface area contributed by atoms with Crippen LogP contribution in [0.5, 0.6) is 0 Å². The predicted octanol–water partition coefficient (Wildman–Crippen LogP) is 6.53. The molecule has 1 fully saturated rings. The zero-order chi connectivity index (χ0) is 15.7. The number of nitrogens with zero attached hydrogens (tertiary/aromatic N) is 1. The van der Waals surface area contributed by atoms with Gasteiger partial charge in [-0.05, 0) is 24.7 Å². The van der Waals surface area contributed by atoms with Crippen molar-refractivity contribution < 1.29 is 40.8 Å². The van der Waals surface area contributed by atoms with E-state index >= 15 is 0 Å². The molecule has 0 aromatic rings. The Labute approximate surface area is 163 Å². The smallest absolute Gasteiger partial charge is 0 e. The van der Waals surface area contributed by atoms with Crippen molar-refractivity contribution in [2.45, 2.75) is 82.1 Å². The standard InChI is InChI=1S/C14H28N.2C2H6.Nd/c1-11-7-13(3,4)9-15-10-14(5,6)8-12(11)2;2*1-2;/h11-12H,7-10H2,1-6H3;2*1-2H3;/q-1;;;. The summed E-state index contributed by atoms with van der Waals surface area (Å²) in [6.45, 7) is 24.3. The van der Waals surface area contributed by atoms with Crippen LogP contribution >= 0.6 is 0 Å². The van der Waals surface area contributed by atoms with Gasteiger partial charge in [0.2, 0.25) is 0 Å². The fourth-order valence-corrected chi connectivity index (χ4v) is 2.94. The van der Waals surface area contributed by atoms with E-state index in [-0.39, 0.29) is 40.8 Å². The van der Waals surface area contributed by atoms with Crippen LogP contribution in [0, 0.1) is 63.5 Å². The van der Waals surface area contributed by atoms with Crippen LogP contribution in [0.4, 0.5) is 0 Å². The molecule has 20 heavy (non-hydrogen) atoms. The molecule has 2 atom stereocenters. The molecule has 1 aliphatic heterocycles. The van der Waals surface area contributed by atoms with Gasteiger partial charge in [0.15, 0.2) is 0 Å². The molecule has 1 nitrogen and oxygen atoms in total. The van der Waals surface area contributed by atoms with Crippen molar-refractivity contribution in [2.24, 2.45) is 22.7 Å². The monoisotopic (exact) mass is 412 g/mol. The Morgan fingerprint density at radius 2 is 0.950 bits per heavy atom. The van der Waals surface area contributed by atoms with E-state index in [0.717, 1.165) is 24.9 Å². The van der Waals surface area contributed by atoms with Crippen LogP contribution in [-0.2, 0) is 0 Å². The van der Waals surface area contributed by atoms with Gasteiger partial charge >= 0.3 is 0 Å². The molecule has 1 aliphatic rings. The van der Waals surface area contributed by atoms with Crippen LogP contribution in [0.3, 0.4) is 0 Å². The van der Waals surface area contributed by atoms with Crippen molar-refractivity contribution >= 4 is 0 Å². The second-order valence-electron chi connectivity index (χ2n) is 7.23. The zero-order valence-electron chi connectivity index (χ0n) is 15.9. The van der Waals surface area contributed by atoms with Gasteiger partial charge in [0.25, 0.3) is 0 Å². The van der Waals surface area contributed by atoms with Crippen molar-refractivity contribution in [1.29, 1.82) is 0 Å². The first kappa shape index (κ1) is 26.2. The summed E-state index contributed by atoms with van der Waals surface area (Å²) in [7, 11) is 0. The molecule has 1 saturated heterocycles. The predicted molar refractivity (Wildman–Crippen MR) is 90.9 cm³/mol. The summed E-state index contributed by atoms with van der Waals surface area (Å²) >= 11 is 0. The van der Waals surface area contributed by atoms with Crippen molar-refractivity contribution in [2.75, 3.05) is 13.1 Å². The number of hydrogen-bond acceptors (Lipinski definition) is 0. The van der Waals surface area contributed by atoms with Gasteiger partial charge in [-0.3, -0.25) is 0 Å². The summed E-state index contributed by atoms with van der Waals surface area (Å²) < 4.78 is 0. The van der Waals surface area contributed by atoms with Crippen molar-refractivity contribution in [3.8, 4) is 0 Å². The van der Waals surface area contributed by atoms with Crippen LogP contribution in [0.2, 0.25) is 0 Å². The van der Waals surface area contributed by atoms with E-state index in [1.807, 2.05) is 27.7 Å². The third-order valence-corrected chi connectivity index (χ3v) is 3.80. The molecule has 0 aromatic carbocycles. The van der Waals surface area contributed by atoms with Crippen LogP contribution in [0.25, 0.3) is 5.32 Å². The minimum absolute atomic E-state index is 0. The van der Waals surface area contributed by atoms with Crippen LogP contribution in [-0.4, -0.2) is 13.1 Å². The van der Waals surface area contributed by atoms with E-state index < -0.39 is 0 Å². The molecule has 2 unspecified atom stereocenters. The number of rotatable bonds is 0. The fraction of sp³-hybridized carbons (Fsp3) is 1.00. The Hall–Kier alpha value is 1.31. The summed E-state index contributed by atoms with van der Waals surface area (Å²) in [6.07, 6.45) is 2.63. The maximum atomic E-state index is 4.77. The molecule has 122 valence electrons. The van der Waals surface area contributed by atoms with Gasteiger partial charge in [-0.25, -0.2) is 0 Å². The van der Waals surface area contributed by atoms with E-state index in [1.165, 1.54) is 12.8 Å². The quantitative estimate of drug-likeness (QED) is 0.428.